The summed E-state index contributed by atoms with van der Waals surface area (Å²) in [4.78, 5) is 27.3. The fourth-order valence-electron chi connectivity index (χ4n) is 1.72. The summed E-state index contributed by atoms with van der Waals surface area (Å²) in [5.41, 5.74) is 1.56. The van der Waals surface area contributed by atoms with Crippen molar-refractivity contribution in [2.75, 3.05) is 5.32 Å². The van der Waals surface area contributed by atoms with E-state index in [0.29, 0.717) is 5.13 Å². The van der Waals surface area contributed by atoms with Crippen molar-refractivity contribution in [2.24, 2.45) is 0 Å². The number of hydrogen-bond donors (Lipinski definition) is 2. The average Bonchev–Trinajstić information content (AvgIpc) is 2.97. The van der Waals surface area contributed by atoms with Gasteiger partial charge >= 0.3 is 0 Å². The van der Waals surface area contributed by atoms with E-state index < -0.39 is 5.91 Å². The van der Waals surface area contributed by atoms with Crippen LogP contribution in [0.25, 0.3) is 11.3 Å². The van der Waals surface area contributed by atoms with Crippen molar-refractivity contribution in [3.05, 3.63) is 61.4 Å². The maximum absolute atomic E-state index is 12.0. The molecule has 6 nitrogen and oxygen atoms in total. The molecule has 0 atom stereocenters. The van der Waals surface area contributed by atoms with Gasteiger partial charge in [-0.15, -0.1) is 11.3 Å². The second kappa shape index (κ2) is 6.36. The highest BCUT2D eigenvalue weighted by Crippen LogP contribution is 2.25. The predicted molar refractivity (Wildman–Crippen MR) is 93.1 cm³/mol. The first-order chi connectivity index (χ1) is 10.6. The highest BCUT2D eigenvalue weighted by Gasteiger charge is 2.11. The van der Waals surface area contributed by atoms with E-state index in [1.807, 2.05) is 29.6 Å². The number of amides is 1. The van der Waals surface area contributed by atoms with Gasteiger partial charge < -0.3 is 0 Å². The van der Waals surface area contributed by atoms with Crippen LogP contribution in [0, 0.1) is 3.57 Å². The molecule has 2 N–H and O–H groups in total. The van der Waals surface area contributed by atoms with Gasteiger partial charge in [0.1, 0.15) is 5.69 Å². The number of thiazole rings is 1. The SMILES string of the molecule is O=C(Nc1nc(-c2ccc(I)cc2)cs1)c1ccc(=O)[nH]n1. The van der Waals surface area contributed by atoms with Gasteiger partial charge in [0.05, 0.1) is 5.69 Å². The third kappa shape index (κ3) is 3.39. The van der Waals surface area contributed by atoms with E-state index >= 15 is 0 Å². The largest absolute Gasteiger partial charge is 0.296 e. The number of H-pyrrole nitrogens is 1. The van der Waals surface area contributed by atoms with Crippen LogP contribution in [0.3, 0.4) is 0 Å². The second-order valence-corrected chi connectivity index (χ2v) is 6.41. The molecular formula is C14H9IN4O2S. The van der Waals surface area contributed by atoms with Crippen LogP contribution in [0.1, 0.15) is 10.5 Å². The summed E-state index contributed by atoms with van der Waals surface area (Å²) in [7, 11) is 0. The molecule has 0 saturated heterocycles. The lowest BCUT2D eigenvalue weighted by Gasteiger charge is -2.00. The normalized spacial score (nSPS) is 10.4. The molecule has 0 unspecified atom stereocenters. The molecule has 0 saturated carbocycles. The Balaban J connectivity index is 1.76. The van der Waals surface area contributed by atoms with Gasteiger partial charge in [-0.3, -0.25) is 14.9 Å². The Bertz CT molecular complexity index is 853. The van der Waals surface area contributed by atoms with E-state index in [-0.39, 0.29) is 11.3 Å². The van der Waals surface area contributed by atoms with Crippen LogP contribution in [0.2, 0.25) is 0 Å². The molecule has 110 valence electrons. The van der Waals surface area contributed by atoms with Gasteiger partial charge in [-0.2, -0.15) is 5.10 Å². The van der Waals surface area contributed by atoms with Gasteiger partial charge in [0.2, 0.25) is 0 Å². The van der Waals surface area contributed by atoms with Gasteiger partial charge in [-0.25, -0.2) is 10.1 Å². The zero-order chi connectivity index (χ0) is 15.5. The van der Waals surface area contributed by atoms with Gasteiger partial charge in [-0.1, -0.05) is 12.1 Å². The van der Waals surface area contributed by atoms with Crippen LogP contribution in [-0.4, -0.2) is 21.1 Å². The zero-order valence-corrected chi connectivity index (χ0v) is 14.0. The van der Waals surface area contributed by atoms with Crippen LogP contribution in [0.15, 0.2) is 46.6 Å². The summed E-state index contributed by atoms with van der Waals surface area (Å²) in [5, 5.41) is 10.9. The summed E-state index contributed by atoms with van der Waals surface area (Å²) >= 11 is 3.57. The van der Waals surface area contributed by atoms with Crippen molar-refractivity contribution >= 4 is 45.0 Å². The van der Waals surface area contributed by atoms with Crippen molar-refractivity contribution in [3.63, 3.8) is 0 Å². The van der Waals surface area contributed by atoms with Gasteiger partial charge in [0.25, 0.3) is 11.5 Å². The molecule has 1 aromatic carbocycles. The van der Waals surface area contributed by atoms with Crippen LogP contribution in [0.4, 0.5) is 5.13 Å². The van der Waals surface area contributed by atoms with Crippen molar-refractivity contribution in [2.45, 2.75) is 0 Å². The van der Waals surface area contributed by atoms with Crippen LogP contribution in [-0.2, 0) is 0 Å². The molecule has 3 rings (SSSR count). The fraction of sp³-hybridized carbons (Fsp3) is 0. The number of carbonyl (C=O) groups excluding carboxylic acids is 1. The summed E-state index contributed by atoms with van der Waals surface area (Å²) < 4.78 is 1.15. The lowest BCUT2D eigenvalue weighted by atomic mass is 10.2. The van der Waals surface area contributed by atoms with Gasteiger partial charge in [-0.05, 0) is 40.8 Å². The third-order valence-corrected chi connectivity index (χ3v) is 4.25. The number of rotatable bonds is 3. The van der Waals surface area contributed by atoms with Crippen LogP contribution >= 0.6 is 33.9 Å². The van der Waals surface area contributed by atoms with Crippen LogP contribution in [0.5, 0.6) is 0 Å². The maximum Gasteiger partial charge on any atom is 0.277 e. The minimum absolute atomic E-state index is 0.130. The first-order valence-electron chi connectivity index (χ1n) is 6.20. The molecule has 0 aliphatic carbocycles. The minimum Gasteiger partial charge on any atom is -0.296 e. The average molecular weight is 424 g/mol. The van der Waals surface area contributed by atoms with Crippen LogP contribution < -0.4 is 10.9 Å². The fourth-order valence-corrected chi connectivity index (χ4v) is 2.79. The topological polar surface area (TPSA) is 87.7 Å². The summed E-state index contributed by atoms with van der Waals surface area (Å²) in [6, 6.07) is 10.6. The lowest BCUT2D eigenvalue weighted by molar-refractivity contribution is 0.102. The van der Waals surface area contributed by atoms with Crippen molar-refractivity contribution in [3.8, 4) is 11.3 Å². The zero-order valence-electron chi connectivity index (χ0n) is 11.0. The van der Waals surface area contributed by atoms with Gasteiger partial charge in [0.15, 0.2) is 5.13 Å². The monoisotopic (exact) mass is 424 g/mol. The number of aromatic nitrogens is 3. The molecular weight excluding hydrogens is 415 g/mol. The summed E-state index contributed by atoms with van der Waals surface area (Å²) in [5.74, 6) is -0.417. The molecule has 0 spiro atoms. The van der Waals surface area contributed by atoms with E-state index in [1.165, 1.54) is 23.5 Å². The standard InChI is InChI=1S/C14H9IN4O2S/c15-9-3-1-8(2-4-9)11-7-22-14(16-11)17-13(21)10-5-6-12(20)19-18-10/h1-7H,(H,19,20)(H,16,17,21). The molecule has 3 aromatic rings. The Morgan fingerprint density at radius 2 is 1.95 bits per heavy atom. The number of anilines is 1. The maximum atomic E-state index is 12.0. The van der Waals surface area contributed by atoms with Crippen molar-refractivity contribution in [1.29, 1.82) is 0 Å². The number of hydrogen-bond acceptors (Lipinski definition) is 5. The number of nitrogens with zero attached hydrogens (tertiary/aromatic N) is 2. The lowest BCUT2D eigenvalue weighted by Crippen LogP contribution is -2.17. The molecule has 0 bridgehead atoms. The Morgan fingerprint density at radius 1 is 1.18 bits per heavy atom. The third-order valence-electron chi connectivity index (χ3n) is 2.78. The number of nitrogens with one attached hydrogen (secondary N) is 2. The van der Waals surface area contributed by atoms with E-state index in [0.717, 1.165) is 14.8 Å². The number of carbonyl (C=O) groups is 1. The summed E-state index contributed by atoms with van der Waals surface area (Å²) in [6.07, 6.45) is 0. The highest BCUT2D eigenvalue weighted by molar-refractivity contribution is 14.1. The number of benzene rings is 1. The predicted octanol–water partition coefficient (Wildman–Crippen LogP) is 2.75. The Morgan fingerprint density at radius 3 is 2.64 bits per heavy atom. The molecule has 2 heterocycles. The first-order valence-corrected chi connectivity index (χ1v) is 8.16. The Kier molecular flexibility index (Phi) is 4.29. The van der Waals surface area contributed by atoms with E-state index in [2.05, 4.69) is 43.1 Å². The summed E-state index contributed by atoms with van der Waals surface area (Å²) in [6.45, 7) is 0. The molecule has 2 aromatic heterocycles. The van der Waals surface area contributed by atoms with E-state index in [9.17, 15) is 9.59 Å². The smallest absolute Gasteiger partial charge is 0.277 e. The highest BCUT2D eigenvalue weighted by atomic mass is 127. The Labute approximate surface area is 142 Å². The molecule has 22 heavy (non-hydrogen) atoms. The first kappa shape index (κ1) is 14.9. The molecule has 8 heteroatoms. The van der Waals surface area contributed by atoms with Gasteiger partial charge in [0, 0.05) is 20.6 Å². The molecule has 0 fully saturated rings. The molecule has 0 aliphatic heterocycles. The second-order valence-electron chi connectivity index (χ2n) is 4.31. The van der Waals surface area contributed by atoms with E-state index in [1.54, 1.807) is 0 Å². The minimum atomic E-state index is -0.417. The number of halogens is 1. The number of aromatic amines is 1. The molecule has 1 amide bonds. The van der Waals surface area contributed by atoms with E-state index in [4.69, 9.17) is 0 Å². The molecule has 0 radical (unpaired) electrons. The van der Waals surface area contributed by atoms with Crippen molar-refractivity contribution < 1.29 is 4.79 Å². The molecule has 0 aliphatic rings. The Hall–Kier alpha value is -2.07. The quantitative estimate of drug-likeness (QED) is 0.634. The van der Waals surface area contributed by atoms with Crippen molar-refractivity contribution in [1.82, 2.24) is 15.2 Å².